The summed E-state index contributed by atoms with van der Waals surface area (Å²) in [4.78, 5) is 14.5. The topological polar surface area (TPSA) is 87.6 Å². The average Bonchev–Trinajstić information content (AvgIpc) is 2.47. The van der Waals surface area contributed by atoms with Crippen LogP contribution in [0.3, 0.4) is 0 Å². The molecular formula is C13H11ClN2O4S. The van der Waals surface area contributed by atoms with Crippen LogP contribution in [-0.2, 0) is 10.0 Å². The van der Waals surface area contributed by atoms with E-state index in [1.165, 1.54) is 43.7 Å². The minimum Gasteiger partial charge on any atom is -0.478 e. The zero-order valence-corrected chi connectivity index (χ0v) is 12.5. The minimum atomic E-state index is -3.97. The van der Waals surface area contributed by atoms with Crippen molar-refractivity contribution in [3.05, 3.63) is 53.3 Å². The van der Waals surface area contributed by atoms with Gasteiger partial charge in [0.2, 0.25) is 0 Å². The lowest BCUT2D eigenvalue weighted by Gasteiger charge is -2.20. The molecule has 0 bridgehead atoms. The van der Waals surface area contributed by atoms with Crippen molar-refractivity contribution < 1.29 is 18.3 Å². The maximum Gasteiger partial charge on any atom is 0.335 e. The number of nitrogens with zero attached hydrogens (tertiary/aromatic N) is 2. The number of carboxylic acids is 1. The van der Waals surface area contributed by atoms with Crippen LogP contribution in [-0.4, -0.2) is 31.5 Å². The molecule has 8 heteroatoms. The second kappa shape index (κ2) is 5.71. The van der Waals surface area contributed by atoms with Crippen molar-refractivity contribution in [1.82, 2.24) is 4.98 Å². The van der Waals surface area contributed by atoms with Gasteiger partial charge in [0.25, 0.3) is 10.0 Å². The summed E-state index contributed by atoms with van der Waals surface area (Å²) >= 11 is 5.91. The first-order valence-corrected chi connectivity index (χ1v) is 7.57. The van der Waals surface area contributed by atoms with Crippen LogP contribution < -0.4 is 4.31 Å². The lowest BCUT2D eigenvalue weighted by Crippen LogP contribution is -2.27. The molecule has 0 unspecified atom stereocenters. The second-order valence-electron chi connectivity index (χ2n) is 4.13. The number of benzene rings is 1. The molecule has 110 valence electrons. The van der Waals surface area contributed by atoms with Gasteiger partial charge in [-0.25, -0.2) is 13.2 Å². The van der Waals surface area contributed by atoms with Gasteiger partial charge in [-0.3, -0.25) is 9.29 Å². The SMILES string of the molecule is CN(c1ccncc1)S(=O)(=O)c1cc(C(=O)O)ccc1Cl. The molecule has 0 spiro atoms. The highest BCUT2D eigenvalue weighted by molar-refractivity contribution is 7.93. The number of halogens is 1. The predicted molar refractivity (Wildman–Crippen MR) is 78.2 cm³/mol. The van der Waals surface area contributed by atoms with Crippen molar-refractivity contribution in [3.8, 4) is 0 Å². The fourth-order valence-electron chi connectivity index (χ4n) is 1.67. The molecule has 6 nitrogen and oxygen atoms in total. The molecule has 0 amide bonds. The van der Waals surface area contributed by atoms with Gasteiger partial charge in [0.15, 0.2) is 0 Å². The second-order valence-corrected chi connectivity index (χ2v) is 6.47. The van der Waals surface area contributed by atoms with E-state index in [1.807, 2.05) is 0 Å². The quantitative estimate of drug-likeness (QED) is 0.931. The zero-order chi connectivity index (χ0) is 15.6. The average molecular weight is 327 g/mol. The summed E-state index contributed by atoms with van der Waals surface area (Å²) in [6.07, 6.45) is 2.91. The van der Waals surface area contributed by atoms with E-state index >= 15 is 0 Å². The highest BCUT2D eigenvalue weighted by Crippen LogP contribution is 2.28. The Kier molecular flexibility index (Phi) is 4.15. The Morgan fingerprint density at radius 2 is 1.86 bits per heavy atom. The zero-order valence-electron chi connectivity index (χ0n) is 10.9. The first-order valence-electron chi connectivity index (χ1n) is 5.76. The monoisotopic (exact) mass is 326 g/mol. The standard InChI is InChI=1S/C13H11ClN2O4S/c1-16(10-4-6-15-7-5-10)21(19,20)12-8-9(13(17)18)2-3-11(12)14/h2-8H,1H3,(H,17,18). The summed E-state index contributed by atoms with van der Waals surface area (Å²) in [5.74, 6) is -1.23. The van der Waals surface area contributed by atoms with E-state index in [1.54, 1.807) is 0 Å². The Morgan fingerprint density at radius 3 is 2.43 bits per heavy atom. The molecule has 0 aliphatic carbocycles. The Labute approximate surface area is 126 Å². The molecule has 21 heavy (non-hydrogen) atoms. The Morgan fingerprint density at radius 1 is 1.24 bits per heavy atom. The maximum atomic E-state index is 12.6. The van der Waals surface area contributed by atoms with Gasteiger partial charge in [0.1, 0.15) is 4.90 Å². The van der Waals surface area contributed by atoms with Crippen molar-refractivity contribution in [2.24, 2.45) is 0 Å². The van der Waals surface area contributed by atoms with Crippen LogP contribution in [0.15, 0.2) is 47.6 Å². The molecule has 0 saturated heterocycles. The fraction of sp³-hybridized carbons (Fsp3) is 0.0769. The van der Waals surface area contributed by atoms with E-state index in [-0.39, 0.29) is 15.5 Å². The van der Waals surface area contributed by atoms with Gasteiger partial charge in [0.05, 0.1) is 16.3 Å². The van der Waals surface area contributed by atoms with Gasteiger partial charge < -0.3 is 5.11 Å². The summed E-state index contributed by atoms with van der Waals surface area (Å²) in [5, 5.41) is 8.92. The van der Waals surface area contributed by atoms with E-state index in [9.17, 15) is 13.2 Å². The molecule has 2 aromatic rings. The number of aromatic nitrogens is 1. The van der Waals surface area contributed by atoms with Crippen LogP contribution in [0, 0.1) is 0 Å². The van der Waals surface area contributed by atoms with E-state index in [0.29, 0.717) is 5.69 Å². The van der Waals surface area contributed by atoms with Gasteiger partial charge >= 0.3 is 5.97 Å². The van der Waals surface area contributed by atoms with Crippen molar-refractivity contribution in [2.75, 3.05) is 11.4 Å². The maximum absolute atomic E-state index is 12.6. The molecule has 1 N–H and O–H groups in total. The minimum absolute atomic E-state index is 0.0408. The third-order valence-corrected chi connectivity index (χ3v) is 5.11. The molecule has 1 aromatic heterocycles. The van der Waals surface area contributed by atoms with Gasteiger partial charge in [-0.2, -0.15) is 0 Å². The van der Waals surface area contributed by atoms with Crippen LogP contribution in [0.5, 0.6) is 0 Å². The molecule has 0 radical (unpaired) electrons. The molecule has 1 heterocycles. The largest absolute Gasteiger partial charge is 0.478 e. The van der Waals surface area contributed by atoms with E-state index in [0.717, 1.165) is 10.4 Å². The number of carbonyl (C=O) groups is 1. The highest BCUT2D eigenvalue weighted by Gasteiger charge is 2.25. The predicted octanol–water partition coefficient (Wildman–Crippen LogP) is 2.26. The first kappa shape index (κ1) is 15.3. The fourth-order valence-corrected chi connectivity index (χ4v) is 3.37. The Hall–Kier alpha value is -2.12. The van der Waals surface area contributed by atoms with Crippen molar-refractivity contribution in [1.29, 1.82) is 0 Å². The number of hydrogen-bond acceptors (Lipinski definition) is 4. The van der Waals surface area contributed by atoms with E-state index in [4.69, 9.17) is 16.7 Å². The number of aromatic carboxylic acids is 1. The summed E-state index contributed by atoms with van der Waals surface area (Å²) in [6, 6.07) is 6.57. The van der Waals surface area contributed by atoms with Crippen LogP contribution >= 0.6 is 11.6 Å². The van der Waals surface area contributed by atoms with Gasteiger partial charge in [-0.1, -0.05) is 11.6 Å². The number of rotatable bonds is 4. The smallest absolute Gasteiger partial charge is 0.335 e. The normalized spacial score (nSPS) is 11.1. The van der Waals surface area contributed by atoms with Crippen molar-refractivity contribution >= 4 is 33.3 Å². The van der Waals surface area contributed by atoms with E-state index < -0.39 is 16.0 Å². The highest BCUT2D eigenvalue weighted by atomic mass is 35.5. The molecule has 1 aromatic carbocycles. The van der Waals surface area contributed by atoms with Gasteiger partial charge in [-0.15, -0.1) is 0 Å². The first-order chi connectivity index (χ1) is 9.84. The van der Waals surface area contributed by atoms with E-state index in [2.05, 4.69) is 4.98 Å². The van der Waals surface area contributed by atoms with Crippen LogP contribution in [0.25, 0.3) is 0 Å². The van der Waals surface area contributed by atoms with Crippen molar-refractivity contribution in [2.45, 2.75) is 4.90 Å². The Balaban J connectivity index is 2.54. The van der Waals surface area contributed by atoms with Gasteiger partial charge in [-0.05, 0) is 30.3 Å². The van der Waals surface area contributed by atoms with Crippen LogP contribution in [0.1, 0.15) is 10.4 Å². The third-order valence-electron chi connectivity index (χ3n) is 2.84. The number of pyridine rings is 1. The van der Waals surface area contributed by atoms with Crippen molar-refractivity contribution in [3.63, 3.8) is 0 Å². The molecule has 0 fully saturated rings. The molecule has 0 atom stereocenters. The molecule has 0 aliphatic heterocycles. The number of sulfonamides is 1. The number of carboxylic acid groups (broad SMARTS) is 1. The third kappa shape index (κ3) is 2.98. The lowest BCUT2D eigenvalue weighted by molar-refractivity contribution is 0.0696. The number of hydrogen-bond donors (Lipinski definition) is 1. The molecule has 0 aliphatic rings. The lowest BCUT2D eigenvalue weighted by atomic mass is 10.2. The summed E-state index contributed by atoms with van der Waals surface area (Å²) in [7, 11) is -2.61. The Bertz CT molecular complexity index is 778. The molecular weight excluding hydrogens is 316 g/mol. The summed E-state index contributed by atoms with van der Waals surface area (Å²) in [5.41, 5.74) is 0.239. The molecule has 0 saturated carbocycles. The van der Waals surface area contributed by atoms with Crippen LogP contribution in [0.4, 0.5) is 5.69 Å². The molecule has 2 rings (SSSR count). The summed E-state index contributed by atoms with van der Waals surface area (Å²) in [6.45, 7) is 0. The van der Waals surface area contributed by atoms with Crippen LogP contribution in [0.2, 0.25) is 5.02 Å². The van der Waals surface area contributed by atoms with Gasteiger partial charge in [0, 0.05) is 19.4 Å². The number of anilines is 1. The summed E-state index contributed by atoms with van der Waals surface area (Å²) < 4.78 is 26.1.